The fraction of sp³-hybridized carbons (Fsp3) is 0.182. The van der Waals surface area contributed by atoms with E-state index in [-0.39, 0.29) is 11.0 Å². The third-order valence-electron chi connectivity index (χ3n) is 2.51. The first kappa shape index (κ1) is 12.3. The number of carbonyl (C=O) groups is 2. The van der Waals surface area contributed by atoms with Gasteiger partial charge in [0.25, 0.3) is 5.91 Å². The second-order valence-electron chi connectivity index (χ2n) is 3.88. The van der Waals surface area contributed by atoms with Gasteiger partial charge in [-0.25, -0.2) is 9.69 Å². The molecule has 1 aliphatic rings. The second kappa shape index (κ2) is 4.61. The predicted molar refractivity (Wildman–Crippen MR) is 72.3 cm³/mol. The Kier molecular flexibility index (Phi) is 3.15. The van der Waals surface area contributed by atoms with Crippen molar-refractivity contribution in [1.29, 1.82) is 0 Å². The number of anilines is 2. The van der Waals surface area contributed by atoms with E-state index in [1.807, 2.05) is 0 Å². The van der Waals surface area contributed by atoms with E-state index in [9.17, 15) is 9.59 Å². The molecule has 0 aliphatic carbocycles. The number of hydrogen-bond acceptors (Lipinski definition) is 3. The van der Waals surface area contributed by atoms with Gasteiger partial charge in [-0.05, 0) is 37.3 Å². The van der Waals surface area contributed by atoms with Crippen LogP contribution in [0.1, 0.15) is 6.92 Å². The van der Waals surface area contributed by atoms with Gasteiger partial charge in [0.05, 0.1) is 5.69 Å². The first-order valence-corrected chi connectivity index (χ1v) is 5.71. The highest BCUT2D eigenvalue weighted by Gasteiger charge is 2.36. The Morgan fingerprint density at radius 2 is 2.22 bits per heavy atom. The highest BCUT2D eigenvalue weighted by atomic mass is 32.1. The summed E-state index contributed by atoms with van der Waals surface area (Å²) in [4.78, 5) is 24.6. The van der Waals surface area contributed by atoms with Gasteiger partial charge in [-0.2, -0.15) is 0 Å². The molecule has 0 aromatic heterocycles. The van der Waals surface area contributed by atoms with Crippen molar-refractivity contribution in [3.8, 4) is 0 Å². The molecule has 0 saturated carbocycles. The average Bonchev–Trinajstić information content (AvgIpc) is 2.52. The number of benzene rings is 1. The summed E-state index contributed by atoms with van der Waals surface area (Å²) in [6, 6.07) is 5.81. The van der Waals surface area contributed by atoms with Gasteiger partial charge >= 0.3 is 6.03 Å². The van der Waals surface area contributed by atoms with Crippen LogP contribution in [0.2, 0.25) is 0 Å². The third kappa shape index (κ3) is 2.25. The Hall–Kier alpha value is -2.15. The Bertz CT molecular complexity index is 532. The Balaban J connectivity index is 2.31. The van der Waals surface area contributed by atoms with Crippen LogP contribution in [0, 0.1) is 0 Å². The lowest BCUT2D eigenvalue weighted by Crippen LogP contribution is -2.31. The average molecular weight is 264 g/mol. The van der Waals surface area contributed by atoms with Crippen LogP contribution in [0.25, 0.3) is 0 Å². The van der Waals surface area contributed by atoms with E-state index < -0.39 is 12.1 Å². The predicted octanol–water partition coefficient (Wildman–Crippen LogP) is 0.787. The van der Waals surface area contributed by atoms with Crippen LogP contribution in [0.5, 0.6) is 0 Å². The van der Waals surface area contributed by atoms with Crippen molar-refractivity contribution in [2.45, 2.75) is 13.0 Å². The molecular weight excluding hydrogens is 252 g/mol. The maximum Gasteiger partial charge on any atom is 0.329 e. The summed E-state index contributed by atoms with van der Waals surface area (Å²) < 4.78 is 0. The summed E-state index contributed by atoms with van der Waals surface area (Å²) >= 11 is 4.73. The maximum absolute atomic E-state index is 11.8. The lowest BCUT2D eigenvalue weighted by molar-refractivity contribution is -0.117. The number of nitrogens with two attached hydrogens (primary N) is 1. The van der Waals surface area contributed by atoms with Gasteiger partial charge in [0.2, 0.25) is 0 Å². The summed E-state index contributed by atoms with van der Waals surface area (Å²) in [6.07, 6.45) is 0. The monoisotopic (exact) mass is 264 g/mol. The minimum Gasteiger partial charge on any atom is -0.376 e. The van der Waals surface area contributed by atoms with E-state index in [4.69, 9.17) is 18.0 Å². The third-order valence-corrected chi connectivity index (χ3v) is 2.61. The molecule has 2 rings (SSSR count). The maximum atomic E-state index is 11.8. The summed E-state index contributed by atoms with van der Waals surface area (Å²) in [6.45, 7) is 1.64. The number of amides is 3. The zero-order valence-electron chi connectivity index (χ0n) is 9.64. The van der Waals surface area contributed by atoms with Crippen molar-refractivity contribution in [1.82, 2.24) is 5.32 Å². The molecular formula is C11H12N4O2S. The molecule has 1 heterocycles. The first-order valence-electron chi connectivity index (χ1n) is 5.30. The largest absolute Gasteiger partial charge is 0.376 e. The molecule has 1 fully saturated rings. The van der Waals surface area contributed by atoms with Gasteiger partial charge in [-0.1, -0.05) is 6.07 Å². The van der Waals surface area contributed by atoms with Crippen molar-refractivity contribution >= 4 is 40.6 Å². The fourth-order valence-electron chi connectivity index (χ4n) is 1.71. The molecule has 1 unspecified atom stereocenters. The summed E-state index contributed by atoms with van der Waals surface area (Å²) in [5.41, 5.74) is 6.47. The van der Waals surface area contributed by atoms with Gasteiger partial charge in [0, 0.05) is 5.69 Å². The second-order valence-corrected chi connectivity index (χ2v) is 4.32. The molecule has 4 N–H and O–H groups in total. The smallest absolute Gasteiger partial charge is 0.329 e. The molecule has 0 radical (unpaired) electrons. The van der Waals surface area contributed by atoms with E-state index >= 15 is 0 Å². The van der Waals surface area contributed by atoms with Crippen LogP contribution < -0.4 is 21.3 Å². The van der Waals surface area contributed by atoms with E-state index in [1.165, 1.54) is 0 Å². The topological polar surface area (TPSA) is 87.5 Å². The SMILES string of the molecule is CC1NC(=O)N(c2cccc(NC(N)=S)c2)C1=O. The lowest BCUT2D eigenvalue weighted by Gasteiger charge is -2.14. The highest BCUT2D eigenvalue weighted by Crippen LogP contribution is 2.22. The van der Waals surface area contributed by atoms with Crippen LogP contribution in [0.15, 0.2) is 24.3 Å². The van der Waals surface area contributed by atoms with Gasteiger partial charge in [-0.3, -0.25) is 4.79 Å². The van der Waals surface area contributed by atoms with Crippen molar-refractivity contribution < 1.29 is 9.59 Å². The molecule has 3 amide bonds. The number of nitrogens with zero attached hydrogens (tertiary/aromatic N) is 1. The van der Waals surface area contributed by atoms with Crippen molar-refractivity contribution in [2.24, 2.45) is 5.73 Å². The Morgan fingerprint density at radius 3 is 2.78 bits per heavy atom. The molecule has 94 valence electrons. The van der Waals surface area contributed by atoms with Crippen LogP contribution in [0.3, 0.4) is 0 Å². The summed E-state index contributed by atoms with van der Waals surface area (Å²) in [5.74, 6) is -0.285. The highest BCUT2D eigenvalue weighted by molar-refractivity contribution is 7.80. The number of rotatable bonds is 2. The van der Waals surface area contributed by atoms with E-state index in [0.717, 1.165) is 4.90 Å². The number of urea groups is 1. The Labute approximate surface area is 109 Å². The molecule has 18 heavy (non-hydrogen) atoms. The molecule has 1 saturated heterocycles. The number of hydrogen-bond donors (Lipinski definition) is 3. The van der Waals surface area contributed by atoms with Gasteiger partial charge in [-0.15, -0.1) is 0 Å². The van der Waals surface area contributed by atoms with Crippen molar-refractivity contribution in [3.05, 3.63) is 24.3 Å². The van der Waals surface area contributed by atoms with E-state index in [0.29, 0.717) is 11.4 Å². The number of carbonyl (C=O) groups excluding carboxylic acids is 2. The fourth-order valence-corrected chi connectivity index (χ4v) is 1.83. The normalized spacial score (nSPS) is 18.7. The molecule has 7 heteroatoms. The van der Waals surface area contributed by atoms with E-state index in [1.54, 1.807) is 31.2 Å². The van der Waals surface area contributed by atoms with Crippen LogP contribution in [0.4, 0.5) is 16.2 Å². The molecule has 0 bridgehead atoms. The quantitative estimate of drug-likeness (QED) is 0.543. The zero-order chi connectivity index (χ0) is 13.3. The molecule has 1 aliphatic heterocycles. The lowest BCUT2D eigenvalue weighted by atomic mass is 10.2. The van der Waals surface area contributed by atoms with E-state index in [2.05, 4.69) is 10.6 Å². The number of nitrogens with one attached hydrogen (secondary N) is 2. The molecule has 1 atom stereocenters. The van der Waals surface area contributed by atoms with Crippen molar-refractivity contribution in [2.75, 3.05) is 10.2 Å². The van der Waals surface area contributed by atoms with Gasteiger partial charge in [0.15, 0.2) is 5.11 Å². The summed E-state index contributed by atoms with van der Waals surface area (Å²) in [5, 5.41) is 5.41. The standard InChI is InChI=1S/C11H12N4O2S/c1-6-9(16)15(11(17)13-6)8-4-2-3-7(5-8)14-10(12)18/h2-6H,1H3,(H,13,17)(H3,12,14,18). The van der Waals surface area contributed by atoms with Crippen LogP contribution in [-0.2, 0) is 4.79 Å². The minimum atomic E-state index is -0.510. The number of thiocarbonyl (C=S) groups is 1. The van der Waals surface area contributed by atoms with Gasteiger partial charge < -0.3 is 16.4 Å². The molecule has 1 aromatic carbocycles. The Morgan fingerprint density at radius 1 is 1.50 bits per heavy atom. The number of imide groups is 1. The minimum absolute atomic E-state index is 0.123. The molecule has 0 spiro atoms. The van der Waals surface area contributed by atoms with Crippen molar-refractivity contribution in [3.63, 3.8) is 0 Å². The zero-order valence-corrected chi connectivity index (χ0v) is 10.5. The summed E-state index contributed by atoms with van der Waals surface area (Å²) in [7, 11) is 0. The van der Waals surface area contributed by atoms with Crippen LogP contribution in [-0.4, -0.2) is 23.1 Å². The first-order chi connectivity index (χ1) is 8.49. The van der Waals surface area contributed by atoms with Crippen LogP contribution >= 0.6 is 12.2 Å². The molecule has 6 nitrogen and oxygen atoms in total. The molecule has 1 aromatic rings. The van der Waals surface area contributed by atoms with Gasteiger partial charge in [0.1, 0.15) is 6.04 Å².